The molecule has 0 saturated heterocycles. The van der Waals surface area contributed by atoms with Crippen molar-refractivity contribution in [1.29, 1.82) is 0 Å². The Morgan fingerprint density at radius 2 is 1.44 bits per heavy atom. The molecule has 16 heavy (non-hydrogen) atoms. The highest BCUT2D eigenvalue weighted by atomic mass is 31.3. The zero-order valence-corrected chi connectivity index (χ0v) is 11.4. The molecule has 0 saturated carbocycles. The highest BCUT2D eigenvalue weighted by molar-refractivity contribution is 7.63. The summed E-state index contributed by atoms with van der Waals surface area (Å²) < 4.78 is 23.8. The van der Waals surface area contributed by atoms with Gasteiger partial charge in [-0.1, -0.05) is 18.2 Å². The Morgan fingerprint density at radius 1 is 1.00 bits per heavy atom. The van der Waals surface area contributed by atoms with E-state index in [-0.39, 0.29) is 18.5 Å². The van der Waals surface area contributed by atoms with Gasteiger partial charge in [-0.25, -0.2) is 0 Å². The molecule has 1 unspecified atom stereocenters. The lowest BCUT2D eigenvalue weighted by molar-refractivity contribution is -0.337. The van der Waals surface area contributed by atoms with Crippen LogP contribution < -0.4 is 33.1 Å². The van der Waals surface area contributed by atoms with Crippen LogP contribution in [0.2, 0.25) is 0 Å². The van der Waals surface area contributed by atoms with Gasteiger partial charge in [-0.3, -0.25) is 0 Å². The zero-order valence-electron chi connectivity index (χ0n) is 9.65. The van der Waals surface area contributed by atoms with Crippen molar-refractivity contribution in [1.82, 2.24) is 18.5 Å². The first-order valence-electron chi connectivity index (χ1n) is 3.11. The van der Waals surface area contributed by atoms with E-state index in [0.29, 0.717) is 5.82 Å². The number of phosphoric acid groups is 1. The van der Waals surface area contributed by atoms with E-state index in [1.807, 2.05) is 0 Å². The third-order valence-corrected chi connectivity index (χ3v) is 3.03. The topological polar surface area (TPSA) is 222 Å². The van der Waals surface area contributed by atoms with Gasteiger partial charge in [0.1, 0.15) is 0 Å². The summed E-state index contributed by atoms with van der Waals surface area (Å²) in [5.74, 6) is 0.495. The summed E-state index contributed by atoms with van der Waals surface area (Å²) in [4.78, 5) is 30.4. The van der Waals surface area contributed by atoms with Crippen molar-refractivity contribution in [3.05, 3.63) is 24.0 Å². The lowest BCUT2D eigenvalue weighted by atomic mass is 10.5. The predicted molar refractivity (Wildman–Crippen MR) is 58.2 cm³/mol. The molecule has 0 aromatic carbocycles. The monoisotopic (exact) mass is 279 g/mol. The number of allylic oxidation sites excluding steroid dienone is 3. The number of quaternary nitrogens is 3. The van der Waals surface area contributed by atoms with Crippen molar-refractivity contribution in [3.63, 3.8) is 0 Å². The molecular formula is C5H19N3O6P2. The molecule has 0 aliphatic rings. The summed E-state index contributed by atoms with van der Waals surface area (Å²) in [5.41, 5.74) is 0. The molecule has 0 rings (SSSR count). The molecule has 12 N–H and O–H groups in total. The van der Waals surface area contributed by atoms with E-state index in [2.05, 4.69) is 4.31 Å². The standard InChI is InChI=1S/C5H10O6P2.3H3N/c1-2-3-4-5-12(6,7)11-13(8,9)10;;;/h2-5H,1H3,(H,6,7)(H2,8,9,10);3*1H3/b3-2+,5-4+;;;. The van der Waals surface area contributed by atoms with Crippen LogP contribution >= 0.6 is 15.4 Å². The van der Waals surface area contributed by atoms with Crippen molar-refractivity contribution in [3.8, 4) is 0 Å². The van der Waals surface area contributed by atoms with Gasteiger partial charge in [-0.15, -0.1) is 0 Å². The van der Waals surface area contributed by atoms with Gasteiger partial charge in [0.05, 0.1) is 7.82 Å². The van der Waals surface area contributed by atoms with Gasteiger partial charge in [0.2, 0.25) is 0 Å². The molecule has 1 atom stereocenters. The smallest absolute Gasteiger partial charge is 0.161 e. The number of hydrogen-bond acceptors (Lipinski definition) is 6. The van der Waals surface area contributed by atoms with Crippen molar-refractivity contribution in [2.75, 3.05) is 0 Å². The maximum absolute atomic E-state index is 10.6. The SMILES string of the molecule is C/C=C/C=C/P(=O)([O-])OP(=O)([O-])[O-].[NH4+].[NH4+].[NH4+]. The minimum Gasteiger partial charge on any atom is -0.790 e. The summed E-state index contributed by atoms with van der Waals surface area (Å²) in [5, 5.41) is 0. The molecule has 0 fully saturated rings. The summed E-state index contributed by atoms with van der Waals surface area (Å²) in [6, 6.07) is 0. The lowest BCUT2D eigenvalue weighted by Gasteiger charge is -2.34. The minimum atomic E-state index is -5.49. The molecule has 11 heteroatoms. The van der Waals surface area contributed by atoms with Gasteiger partial charge >= 0.3 is 0 Å². The second-order valence-corrected chi connectivity index (χ2v) is 4.86. The molecule has 100 valence electrons. The van der Waals surface area contributed by atoms with Crippen LogP contribution in [0.1, 0.15) is 6.92 Å². The zero-order chi connectivity index (χ0) is 10.5. The Morgan fingerprint density at radius 3 is 1.75 bits per heavy atom. The average Bonchev–Trinajstić information content (AvgIpc) is 1.81. The Kier molecular flexibility index (Phi) is 15.2. The first-order chi connectivity index (χ1) is 5.77. The summed E-state index contributed by atoms with van der Waals surface area (Å²) in [6.07, 6.45) is 3.91. The summed E-state index contributed by atoms with van der Waals surface area (Å²) in [7, 11) is -10.2. The van der Waals surface area contributed by atoms with Crippen LogP contribution in [0.25, 0.3) is 0 Å². The molecule has 0 radical (unpaired) electrons. The van der Waals surface area contributed by atoms with E-state index in [1.165, 1.54) is 12.2 Å². The normalized spacial score (nSPS) is 14.8. The molecule has 0 aliphatic heterocycles. The van der Waals surface area contributed by atoms with E-state index in [9.17, 15) is 23.8 Å². The molecule has 9 nitrogen and oxygen atoms in total. The van der Waals surface area contributed by atoms with Crippen molar-refractivity contribution in [2.24, 2.45) is 0 Å². The van der Waals surface area contributed by atoms with Crippen LogP contribution in [0.4, 0.5) is 0 Å². The fourth-order valence-corrected chi connectivity index (χ4v) is 2.08. The molecule has 0 spiro atoms. The van der Waals surface area contributed by atoms with E-state index >= 15 is 0 Å². The molecule has 0 aromatic rings. The van der Waals surface area contributed by atoms with E-state index < -0.39 is 15.4 Å². The largest absolute Gasteiger partial charge is 0.790 e. The minimum absolute atomic E-state index is 0. The molecule has 0 amide bonds. The third-order valence-electron chi connectivity index (χ3n) is 0.786. The molecule has 0 aliphatic carbocycles. The maximum Gasteiger partial charge on any atom is 0.161 e. The van der Waals surface area contributed by atoms with Crippen LogP contribution in [-0.4, -0.2) is 0 Å². The molecule has 0 bridgehead atoms. The van der Waals surface area contributed by atoms with Crippen LogP contribution in [0.15, 0.2) is 24.0 Å². The third kappa shape index (κ3) is 16.1. The van der Waals surface area contributed by atoms with Gasteiger partial charge in [0.15, 0.2) is 7.60 Å². The van der Waals surface area contributed by atoms with E-state index in [1.54, 1.807) is 6.92 Å². The second-order valence-electron chi connectivity index (χ2n) is 1.94. The van der Waals surface area contributed by atoms with E-state index in [4.69, 9.17) is 0 Å². The number of hydrogen-bond donors (Lipinski definition) is 3. The van der Waals surface area contributed by atoms with Gasteiger partial charge in [-0.2, -0.15) is 0 Å². The van der Waals surface area contributed by atoms with Gasteiger partial charge in [0.25, 0.3) is 0 Å². The first-order valence-corrected chi connectivity index (χ1v) is 6.19. The Bertz CT molecular complexity index is 311. The van der Waals surface area contributed by atoms with Crippen molar-refractivity contribution < 1.29 is 28.1 Å². The first kappa shape index (κ1) is 24.8. The van der Waals surface area contributed by atoms with E-state index in [0.717, 1.165) is 6.08 Å². The van der Waals surface area contributed by atoms with Gasteiger partial charge < -0.3 is 46.6 Å². The van der Waals surface area contributed by atoms with Crippen LogP contribution in [0.3, 0.4) is 0 Å². The highest BCUT2D eigenvalue weighted by Crippen LogP contribution is 2.50. The van der Waals surface area contributed by atoms with Crippen molar-refractivity contribution >= 4 is 15.4 Å². The number of rotatable bonds is 4. The van der Waals surface area contributed by atoms with Crippen LogP contribution in [0, 0.1) is 0 Å². The fraction of sp³-hybridized carbons (Fsp3) is 0.200. The summed E-state index contributed by atoms with van der Waals surface area (Å²) in [6.45, 7) is 1.63. The Balaban J connectivity index is -0.000000240. The van der Waals surface area contributed by atoms with Gasteiger partial charge in [0, 0.05) is 0 Å². The lowest BCUT2D eigenvalue weighted by Crippen LogP contribution is -2.17. The van der Waals surface area contributed by atoms with Gasteiger partial charge in [-0.05, 0) is 12.7 Å². The average molecular weight is 279 g/mol. The maximum atomic E-state index is 10.6. The highest BCUT2D eigenvalue weighted by Gasteiger charge is 2.04. The Hall–Kier alpha value is -0.340. The quantitative estimate of drug-likeness (QED) is 0.492. The summed E-state index contributed by atoms with van der Waals surface area (Å²) >= 11 is 0. The molecular weight excluding hydrogens is 260 g/mol. The van der Waals surface area contributed by atoms with Crippen molar-refractivity contribution in [2.45, 2.75) is 6.92 Å². The second kappa shape index (κ2) is 9.86. The fourth-order valence-electron chi connectivity index (χ4n) is 0.433. The Labute approximate surface area is 93.7 Å². The van der Waals surface area contributed by atoms with Crippen LogP contribution in [0.5, 0.6) is 0 Å². The van der Waals surface area contributed by atoms with Crippen LogP contribution in [-0.2, 0) is 13.4 Å². The molecule has 0 heterocycles. The molecule has 0 aromatic heterocycles. The predicted octanol–water partition coefficient (Wildman–Crippen LogP) is 0.604.